The van der Waals surface area contributed by atoms with Crippen LogP contribution in [0.2, 0.25) is 5.02 Å². The van der Waals surface area contributed by atoms with Crippen molar-refractivity contribution in [1.29, 1.82) is 0 Å². The number of hydrogen-bond donors (Lipinski definition) is 1. The molecule has 2 unspecified atom stereocenters. The van der Waals surface area contributed by atoms with Crippen molar-refractivity contribution in [1.82, 2.24) is 10.3 Å². The van der Waals surface area contributed by atoms with Crippen molar-refractivity contribution in [2.24, 2.45) is 5.92 Å². The van der Waals surface area contributed by atoms with Crippen LogP contribution < -0.4 is 10.2 Å². The highest BCUT2D eigenvalue weighted by molar-refractivity contribution is 6.31. The lowest BCUT2D eigenvalue weighted by Gasteiger charge is -2.28. The topological polar surface area (TPSA) is 28.2 Å². The normalized spacial score (nSPS) is 26.8. The maximum absolute atomic E-state index is 6.14. The van der Waals surface area contributed by atoms with E-state index in [0.29, 0.717) is 0 Å². The average Bonchev–Trinajstić information content (AvgIpc) is 2.94. The first-order valence-electron chi connectivity index (χ1n) is 6.34. The average molecular weight is 252 g/mol. The molecule has 1 saturated carbocycles. The maximum atomic E-state index is 6.14. The predicted octanol–water partition coefficient (Wildman–Crippen LogP) is 2.44. The molecule has 2 aliphatic rings. The number of nitrogens with zero attached hydrogens (tertiary/aromatic N) is 2. The predicted molar refractivity (Wildman–Crippen MR) is 70.5 cm³/mol. The molecular formula is C13H18ClN3. The number of rotatable bonds is 3. The van der Waals surface area contributed by atoms with Crippen LogP contribution in [0.25, 0.3) is 0 Å². The van der Waals surface area contributed by atoms with E-state index in [4.69, 9.17) is 16.6 Å². The minimum Gasteiger partial charge on any atom is -0.353 e. The molecule has 2 atom stereocenters. The van der Waals surface area contributed by atoms with Gasteiger partial charge in [-0.2, -0.15) is 0 Å². The first kappa shape index (κ1) is 11.3. The van der Waals surface area contributed by atoms with Crippen LogP contribution in [-0.2, 0) is 6.54 Å². The quantitative estimate of drug-likeness (QED) is 0.895. The van der Waals surface area contributed by atoms with Crippen LogP contribution in [0.1, 0.15) is 25.0 Å². The van der Waals surface area contributed by atoms with Gasteiger partial charge in [-0.1, -0.05) is 11.6 Å². The van der Waals surface area contributed by atoms with Gasteiger partial charge >= 0.3 is 0 Å². The molecule has 1 aromatic rings. The molecule has 4 heteroatoms. The van der Waals surface area contributed by atoms with Gasteiger partial charge in [0.15, 0.2) is 0 Å². The Balaban J connectivity index is 1.85. The first-order chi connectivity index (χ1) is 8.28. The second-order valence-corrected chi connectivity index (χ2v) is 5.52. The van der Waals surface area contributed by atoms with Crippen molar-refractivity contribution in [2.45, 2.75) is 31.8 Å². The van der Waals surface area contributed by atoms with Crippen LogP contribution >= 0.6 is 11.6 Å². The molecule has 1 aliphatic heterocycles. The van der Waals surface area contributed by atoms with Gasteiger partial charge in [0.1, 0.15) is 5.82 Å². The van der Waals surface area contributed by atoms with Gasteiger partial charge in [-0.05, 0) is 44.4 Å². The van der Waals surface area contributed by atoms with E-state index in [1.165, 1.54) is 25.8 Å². The van der Waals surface area contributed by atoms with Crippen molar-refractivity contribution >= 4 is 17.4 Å². The third-order valence-corrected chi connectivity index (χ3v) is 4.30. The zero-order valence-electron chi connectivity index (χ0n) is 10.1. The van der Waals surface area contributed by atoms with E-state index in [1.54, 1.807) is 0 Å². The van der Waals surface area contributed by atoms with Gasteiger partial charge in [-0.3, -0.25) is 0 Å². The fourth-order valence-electron chi connectivity index (χ4n) is 3.13. The molecule has 1 N–H and O–H groups in total. The van der Waals surface area contributed by atoms with Gasteiger partial charge in [-0.25, -0.2) is 4.98 Å². The van der Waals surface area contributed by atoms with E-state index in [-0.39, 0.29) is 0 Å². The van der Waals surface area contributed by atoms with Crippen LogP contribution in [0.4, 0.5) is 5.82 Å². The Morgan fingerprint density at radius 1 is 1.47 bits per heavy atom. The highest BCUT2D eigenvalue weighted by atomic mass is 35.5. The summed E-state index contributed by atoms with van der Waals surface area (Å²) in [5.41, 5.74) is 0.953. The van der Waals surface area contributed by atoms with E-state index in [9.17, 15) is 0 Å². The van der Waals surface area contributed by atoms with E-state index in [2.05, 4.69) is 16.3 Å². The van der Waals surface area contributed by atoms with Gasteiger partial charge in [-0.15, -0.1) is 0 Å². The van der Waals surface area contributed by atoms with Crippen molar-refractivity contribution in [3.05, 3.63) is 22.8 Å². The Morgan fingerprint density at radius 2 is 2.35 bits per heavy atom. The van der Waals surface area contributed by atoms with Crippen molar-refractivity contribution < 1.29 is 0 Å². The van der Waals surface area contributed by atoms with Gasteiger partial charge in [0, 0.05) is 19.1 Å². The summed E-state index contributed by atoms with van der Waals surface area (Å²) in [6.07, 6.45) is 4.08. The van der Waals surface area contributed by atoms with E-state index >= 15 is 0 Å². The molecule has 0 spiro atoms. The summed E-state index contributed by atoms with van der Waals surface area (Å²) >= 11 is 6.14. The minimum atomic E-state index is 0.719. The van der Waals surface area contributed by atoms with Crippen molar-refractivity contribution in [2.75, 3.05) is 18.5 Å². The third-order valence-electron chi connectivity index (χ3n) is 3.95. The maximum Gasteiger partial charge on any atom is 0.129 e. The monoisotopic (exact) mass is 251 g/mol. The number of pyridine rings is 1. The number of aromatic nitrogens is 1. The summed E-state index contributed by atoms with van der Waals surface area (Å²) in [4.78, 5) is 7.16. The fourth-order valence-corrected chi connectivity index (χ4v) is 3.30. The van der Waals surface area contributed by atoms with Gasteiger partial charge in [0.05, 0.1) is 10.7 Å². The molecule has 1 aliphatic carbocycles. The lowest BCUT2D eigenvalue weighted by molar-refractivity contribution is 0.549. The molecule has 0 aromatic carbocycles. The summed E-state index contributed by atoms with van der Waals surface area (Å²) in [6.45, 7) is 1.91. The Hall–Kier alpha value is -0.800. The Morgan fingerprint density at radius 3 is 3.00 bits per heavy atom. The minimum absolute atomic E-state index is 0.719. The Kier molecular flexibility index (Phi) is 2.97. The lowest BCUT2D eigenvalue weighted by Crippen LogP contribution is -2.32. The van der Waals surface area contributed by atoms with Crippen LogP contribution in [0, 0.1) is 5.92 Å². The van der Waals surface area contributed by atoms with Crippen molar-refractivity contribution in [3.8, 4) is 0 Å². The molecular weight excluding hydrogens is 234 g/mol. The number of piperidine rings is 1. The molecule has 0 radical (unpaired) electrons. The second kappa shape index (κ2) is 4.46. The molecule has 2 heterocycles. The molecule has 1 saturated heterocycles. The largest absolute Gasteiger partial charge is 0.353 e. The SMILES string of the molecule is CNCc1nc(N2CC3CCC2C3)ccc1Cl. The van der Waals surface area contributed by atoms with Crippen molar-refractivity contribution in [3.63, 3.8) is 0 Å². The highest BCUT2D eigenvalue weighted by Gasteiger charge is 2.38. The number of halogens is 1. The molecule has 3 rings (SSSR count). The number of fused-ring (bicyclic) bond motifs is 2. The summed E-state index contributed by atoms with van der Waals surface area (Å²) < 4.78 is 0. The standard InChI is InChI=1S/C13H18ClN3/c1-15-7-12-11(14)4-5-13(16-12)17-8-9-2-3-10(17)6-9/h4-5,9-10,15H,2-3,6-8H2,1H3. The smallest absolute Gasteiger partial charge is 0.129 e. The van der Waals surface area contributed by atoms with Crippen LogP contribution in [0.15, 0.2) is 12.1 Å². The molecule has 3 nitrogen and oxygen atoms in total. The number of nitrogens with one attached hydrogen (secondary N) is 1. The van der Waals surface area contributed by atoms with Crippen LogP contribution in [0.3, 0.4) is 0 Å². The number of hydrogen-bond acceptors (Lipinski definition) is 3. The molecule has 2 bridgehead atoms. The molecule has 17 heavy (non-hydrogen) atoms. The summed E-state index contributed by atoms with van der Waals surface area (Å²) in [7, 11) is 1.92. The summed E-state index contributed by atoms with van der Waals surface area (Å²) in [6, 6.07) is 4.75. The Labute approximate surface area is 107 Å². The first-order valence-corrected chi connectivity index (χ1v) is 6.72. The van der Waals surface area contributed by atoms with Gasteiger partial charge < -0.3 is 10.2 Å². The second-order valence-electron chi connectivity index (χ2n) is 5.11. The lowest BCUT2D eigenvalue weighted by atomic mass is 10.1. The fraction of sp³-hybridized carbons (Fsp3) is 0.615. The van der Waals surface area contributed by atoms with Gasteiger partial charge in [0.2, 0.25) is 0 Å². The summed E-state index contributed by atoms with van der Waals surface area (Å²) in [5, 5.41) is 3.87. The summed E-state index contributed by atoms with van der Waals surface area (Å²) in [5.74, 6) is 2.00. The van der Waals surface area contributed by atoms with Gasteiger partial charge in [0.25, 0.3) is 0 Å². The molecule has 0 amide bonds. The van der Waals surface area contributed by atoms with E-state index < -0.39 is 0 Å². The number of anilines is 1. The molecule has 1 aromatic heterocycles. The Bertz CT molecular complexity index is 421. The molecule has 92 valence electrons. The van der Waals surface area contributed by atoms with Crippen LogP contribution in [0.5, 0.6) is 0 Å². The zero-order valence-corrected chi connectivity index (χ0v) is 10.9. The molecule has 2 fully saturated rings. The highest BCUT2D eigenvalue weighted by Crippen LogP contribution is 2.39. The van der Waals surface area contributed by atoms with E-state index in [1.807, 2.05) is 13.1 Å². The van der Waals surface area contributed by atoms with Crippen LogP contribution in [-0.4, -0.2) is 24.6 Å². The third kappa shape index (κ3) is 2.02. The zero-order chi connectivity index (χ0) is 11.8. The van der Waals surface area contributed by atoms with E-state index in [0.717, 1.165) is 35.0 Å².